The first-order valence-corrected chi connectivity index (χ1v) is 15.5. The molecule has 0 heterocycles. The second-order valence-electron chi connectivity index (χ2n) is 11.7. The number of hydrogen-bond donors (Lipinski definition) is 0. The molecular weight excluding hydrogens is 553 g/mol. The van der Waals surface area contributed by atoms with Gasteiger partial charge in [0.2, 0.25) is 0 Å². The molecule has 9 aromatic rings. The van der Waals surface area contributed by atoms with Crippen molar-refractivity contribution in [2.75, 3.05) is 0 Å². The Hall–Kier alpha value is -5.98. The lowest BCUT2D eigenvalue weighted by Gasteiger charge is -2.20. The second kappa shape index (κ2) is 10.9. The molecule has 0 aliphatic heterocycles. The molecule has 0 atom stereocenters. The standard InChI is InChI=1S/C46H30/c1-2-12-31(13-3-1)32-24-26-33(27-25-32)36-28-29-43-44(30-36)46(40-23-11-17-35-15-5-7-19-38(35)40)42-21-9-8-20-41(42)45(43)39-22-10-16-34-14-4-6-18-37(34)39/h1-30H/i1D,2D,3D,12D,13D. The van der Waals surface area contributed by atoms with Gasteiger partial charge in [-0.15, -0.1) is 0 Å². The van der Waals surface area contributed by atoms with Crippen molar-refractivity contribution in [3.8, 4) is 44.5 Å². The van der Waals surface area contributed by atoms with E-state index in [2.05, 4.69) is 127 Å². The highest BCUT2D eigenvalue weighted by Crippen LogP contribution is 2.47. The molecule has 0 saturated carbocycles. The monoisotopic (exact) mass is 587 g/mol. The predicted octanol–water partition coefficient (Wildman–Crippen LogP) is 13.0. The molecular formula is C46H30. The van der Waals surface area contributed by atoms with E-state index in [9.17, 15) is 0 Å². The summed E-state index contributed by atoms with van der Waals surface area (Å²) in [6.07, 6.45) is 0. The summed E-state index contributed by atoms with van der Waals surface area (Å²) < 4.78 is 41.3. The van der Waals surface area contributed by atoms with Gasteiger partial charge in [-0.1, -0.05) is 176 Å². The van der Waals surface area contributed by atoms with Crippen molar-refractivity contribution in [3.63, 3.8) is 0 Å². The molecule has 0 fully saturated rings. The first-order valence-electron chi connectivity index (χ1n) is 18.0. The van der Waals surface area contributed by atoms with Crippen LogP contribution in [-0.2, 0) is 0 Å². The Morgan fingerprint density at radius 2 is 0.739 bits per heavy atom. The van der Waals surface area contributed by atoms with Crippen LogP contribution in [0.3, 0.4) is 0 Å². The average molecular weight is 588 g/mol. The molecule has 0 amide bonds. The van der Waals surface area contributed by atoms with Crippen LogP contribution in [0.2, 0.25) is 0 Å². The van der Waals surface area contributed by atoms with E-state index in [-0.39, 0.29) is 35.8 Å². The van der Waals surface area contributed by atoms with Gasteiger partial charge < -0.3 is 0 Å². The van der Waals surface area contributed by atoms with Gasteiger partial charge in [0.15, 0.2) is 0 Å². The van der Waals surface area contributed by atoms with E-state index >= 15 is 0 Å². The van der Waals surface area contributed by atoms with Gasteiger partial charge in [-0.3, -0.25) is 0 Å². The van der Waals surface area contributed by atoms with E-state index < -0.39 is 0 Å². The molecule has 0 nitrogen and oxygen atoms in total. The van der Waals surface area contributed by atoms with Crippen LogP contribution in [0.25, 0.3) is 87.6 Å². The number of fused-ring (bicyclic) bond motifs is 4. The van der Waals surface area contributed by atoms with Crippen LogP contribution in [0.5, 0.6) is 0 Å². The smallest absolute Gasteiger partial charge is 0.0622 e. The molecule has 46 heavy (non-hydrogen) atoms. The maximum Gasteiger partial charge on any atom is 0.0629 e. The van der Waals surface area contributed by atoms with Crippen molar-refractivity contribution in [1.82, 2.24) is 0 Å². The molecule has 0 saturated heterocycles. The van der Waals surface area contributed by atoms with Gasteiger partial charge in [-0.05, 0) is 93.7 Å². The van der Waals surface area contributed by atoms with Crippen LogP contribution in [-0.4, -0.2) is 0 Å². The van der Waals surface area contributed by atoms with Gasteiger partial charge in [0.1, 0.15) is 0 Å². The third-order valence-corrected chi connectivity index (χ3v) is 9.15. The summed E-state index contributed by atoms with van der Waals surface area (Å²) in [7, 11) is 0. The van der Waals surface area contributed by atoms with Gasteiger partial charge in [0.05, 0.1) is 6.85 Å². The predicted molar refractivity (Wildman–Crippen MR) is 198 cm³/mol. The van der Waals surface area contributed by atoms with Crippen LogP contribution in [0.15, 0.2) is 182 Å². The summed E-state index contributed by atoms with van der Waals surface area (Å²) in [5, 5.41) is 9.45. The minimum atomic E-state index is -0.390. The Morgan fingerprint density at radius 3 is 1.33 bits per heavy atom. The summed E-state index contributed by atoms with van der Waals surface area (Å²) in [5.74, 6) is 0. The maximum absolute atomic E-state index is 8.48. The zero-order valence-electron chi connectivity index (χ0n) is 29.9. The fourth-order valence-electron chi connectivity index (χ4n) is 7.05. The molecule has 0 aromatic heterocycles. The van der Waals surface area contributed by atoms with E-state index in [0.29, 0.717) is 5.56 Å². The molecule has 0 N–H and O–H groups in total. The van der Waals surface area contributed by atoms with E-state index in [1.807, 2.05) is 24.3 Å². The molecule has 0 bridgehead atoms. The highest BCUT2D eigenvalue weighted by molar-refractivity contribution is 6.25. The minimum absolute atomic E-state index is 0.202. The van der Waals surface area contributed by atoms with Crippen molar-refractivity contribution >= 4 is 43.1 Å². The fourth-order valence-corrected chi connectivity index (χ4v) is 7.05. The quantitative estimate of drug-likeness (QED) is 0.180. The van der Waals surface area contributed by atoms with E-state index in [4.69, 9.17) is 6.85 Å². The Kier molecular flexibility index (Phi) is 5.12. The summed E-state index contributed by atoms with van der Waals surface area (Å²) in [6.45, 7) is 0. The third-order valence-electron chi connectivity index (χ3n) is 9.15. The summed E-state index contributed by atoms with van der Waals surface area (Å²) in [5.41, 5.74) is 7.52. The van der Waals surface area contributed by atoms with Crippen LogP contribution >= 0.6 is 0 Å². The zero-order chi connectivity index (χ0) is 34.8. The van der Waals surface area contributed by atoms with Crippen molar-refractivity contribution in [3.05, 3.63) is 182 Å². The van der Waals surface area contributed by atoms with Crippen LogP contribution < -0.4 is 0 Å². The molecule has 0 unspecified atom stereocenters. The topological polar surface area (TPSA) is 0 Å². The Morgan fingerprint density at radius 1 is 0.304 bits per heavy atom. The Bertz CT molecular complexity index is 2810. The van der Waals surface area contributed by atoms with Gasteiger partial charge >= 0.3 is 0 Å². The first-order chi connectivity index (χ1) is 24.9. The lowest BCUT2D eigenvalue weighted by Crippen LogP contribution is -1.93. The van der Waals surface area contributed by atoms with Crippen LogP contribution in [0.4, 0.5) is 0 Å². The number of rotatable bonds is 4. The second-order valence-corrected chi connectivity index (χ2v) is 11.7. The van der Waals surface area contributed by atoms with E-state index in [0.717, 1.165) is 21.9 Å². The zero-order valence-corrected chi connectivity index (χ0v) is 24.9. The maximum atomic E-state index is 8.48. The normalized spacial score (nSPS) is 13.0. The first kappa shape index (κ1) is 21.7. The molecule has 0 radical (unpaired) electrons. The average Bonchev–Trinajstić information content (AvgIpc) is 3.18. The van der Waals surface area contributed by atoms with Crippen molar-refractivity contribution in [2.45, 2.75) is 0 Å². The summed E-state index contributed by atoms with van der Waals surface area (Å²) in [6, 6.07) is 51.8. The van der Waals surface area contributed by atoms with Crippen molar-refractivity contribution < 1.29 is 6.85 Å². The Labute approximate surface area is 275 Å². The molecule has 214 valence electrons. The largest absolute Gasteiger partial charge is 0.0629 e. The van der Waals surface area contributed by atoms with E-state index in [1.54, 1.807) is 0 Å². The SMILES string of the molecule is [2H]c1c([2H])c([2H])c(-c2ccc(-c3ccc4c(-c5cccc6ccccc56)c5ccccc5c(-c5cccc6ccccc56)c4c3)cc2)c([2H])c1[2H]. The van der Waals surface area contributed by atoms with Gasteiger partial charge in [0.25, 0.3) is 0 Å². The van der Waals surface area contributed by atoms with Crippen LogP contribution in [0.1, 0.15) is 6.85 Å². The summed E-state index contributed by atoms with van der Waals surface area (Å²) >= 11 is 0. The van der Waals surface area contributed by atoms with Crippen LogP contribution in [0, 0.1) is 0 Å². The molecule has 9 rings (SSSR count). The highest BCUT2D eigenvalue weighted by atomic mass is 14.2. The highest BCUT2D eigenvalue weighted by Gasteiger charge is 2.19. The molecule has 0 aliphatic carbocycles. The minimum Gasteiger partial charge on any atom is -0.0622 e. The fraction of sp³-hybridized carbons (Fsp3) is 0. The number of hydrogen-bond acceptors (Lipinski definition) is 0. The third kappa shape index (κ3) is 4.30. The van der Waals surface area contributed by atoms with Gasteiger partial charge in [0, 0.05) is 0 Å². The molecule has 0 aliphatic rings. The lowest BCUT2D eigenvalue weighted by molar-refractivity contribution is 1.60. The van der Waals surface area contributed by atoms with Gasteiger partial charge in [-0.2, -0.15) is 0 Å². The van der Waals surface area contributed by atoms with Crippen molar-refractivity contribution in [1.29, 1.82) is 0 Å². The number of benzene rings is 9. The molecule has 0 heteroatoms. The van der Waals surface area contributed by atoms with Crippen molar-refractivity contribution in [2.24, 2.45) is 0 Å². The van der Waals surface area contributed by atoms with E-state index in [1.165, 1.54) is 54.6 Å². The molecule has 0 spiro atoms. The van der Waals surface area contributed by atoms with Gasteiger partial charge in [-0.25, -0.2) is 0 Å². The summed E-state index contributed by atoms with van der Waals surface area (Å²) in [4.78, 5) is 0. The lowest BCUT2D eigenvalue weighted by atomic mass is 9.83. The molecule has 9 aromatic carbocycles. The Balaban J connectivity index is 1.33.